The first-order valence-corrected chi connectivity index (χ1v) is 7.43. The highest BCUT2D eigenvalue weighted by Gasteiger charge is 2.18. The van der Waals surface area contributed by atoms with E-state index in [0.717, 1.165) is 10.9 Å². The van der Waals surface area contributed by atoms with E-state index in [2.05, 4.69) is 4.98 Å². The van der Waals surface area contributed by atoms with Gasteiger partial charge < -0.3 is 11.5 Å². The number of nitrogen functional groups attached to an aromatic ring is 2. The summed E-state index contributed by atoms with van der Waals surface area (Å²) in [7, 11) is 0. The molecule has 0 aliphatic heterocycles. The molecular weight excluding hydrogens is 324 g/mol. The number of aromatic nitrogens is 1. The molecule has 0 aliphatic rings. The van der Waals surface area contributed by atoms with Crippen molar-refractivity contribution in [3.8, 4) is 0 Å². The van der Waals surface area contributed by atoms with Gasteiger partial charge in [0.25, 0.3) is 0 Å². The molecule has 24 heavy (non-hydrogen) atoms. The molecule has 0 saturated heterocycles. The highest BCUT2D eigenvalue weighted by molar-refractivity contribution is 6.02. The molecule has 1 heterocycles. The van der Waals surface area contributed by atoms with Gasteiger partial charge in [-0.15, -0.1) is 12.4 Å². The summed E-state index contributed by atoms with van der Waals surface area (Å²) in [5.41, 5.74) is 14.9. The number of halogens is 1. The van der Waals surface area contributed by atoms with E-state index in [-0.39, 0.29) is 18.3 Å². The molecule has 3 rings (SSSR count). The van der Waals surface area contributed by atoms with E-state index >= 15 is 0 Å². The molecule has 0 fully saturated rings. The molecule has 6 heteroatoms. The molecule has 4 N–H and O–H groups in total. The monoisotopic (exact) mass is 342 g/mol. The fraction of sp³-hybridized carbons (Fsp3) is 0.111. The highest BCUT2D eigenvalue weighted by atomic mass is 35.5. The van der Waals surface area contributed by atoms with Crippen LogP contribution < -0.4 is 16.4 Å². The number of anilines is 4. The quantitative estimate of drug-likeness (QED) is 0.707. The first-order chi connectivity index (χ1) is 11.1. The van der Waals surface area contributed by atoms with Crippen molar-refractivity contribution in [1.82, 2.24) is 4.98 Å². The number of hydrogen-bond acceptors (Lipinski definition) is 4. The maximum Gasteiger partial charge on any atom is 0.231 e. The Bertz CT molecular complexity index is 882. The normalized spacial score (nSPS) is 10.2. The Balaban J connectivity index is 0.00000208. The maximum atomic E-state index is 12.5. The molecule has 0 radical (unpaired) electrons. The number of carbonyl (C=O) groups excluding carboxylic acids is 1. The van der Waals surface area contributed by atoms with Crippen LogP contribution in [0.25, 0.3) is 10.9 Å². The van der Waals surface area contributed by atoms with E-state index in [1.807, 2.05) is 37.3 Å². The van der Waals surface area contributed by atoms with Crippen LogP contribution in [0.1, 0.15) is 13.3 Å². The third-order valence-corrected chi connectivity index (χ3v) is 3.71. The number of nitrogens with zero attached hydrogens (tertiary/aromatic N) is 2. The number of rotatable bonds is 3. The molecule has 2 aromatic carbocycles. The standard InChI is InChI=1S/C18H18N4O.ClH/c1-2-18(23)22(13-7-8-15(19)16(20)10-13)14-9-12-5-3-4-6-17(12)21-11-14;/h3-11H,2,19-20H2,1H3;1H. The Morgan fingerprint density at radius 2 is 1.79 bits per heavy atom. The second-order valence-corrected chi connectivity index (χ2v) is 5.28. The SMILES string of the molecule is CCC(=O)N(c1ccc(N)c(N)c1)c1cnc2ccccc2c1.Cl. The van der Waals surface area contributed by atoms with Crippen LogP contribution in [0, 0.1) is 0 Å². The van der Waals surface area contributed by atoms with Gasteiger partial charge in [0.15, 0.2) is 0 Å². The minimum atomic E-state index is -0.0359. The van der Waals surface area contributed by atoms with Crippen LogP contribution in [0.4, 0.5) is 22.7 Å². The number of hydrogen-bond donors (Lipinski definition) is 2. The largest absolute Gasteiger partial charge is 0.397 e. The molecule has 0 aliphatic carbocycles. The summed E-state index contributed by atoms with van der Waals surface area (Å²) in [6, 6.07) is 14.9. The molecular formula is C18H19ClN4O. The van der Waals surface area contributed by atoms with Gasteiger partial charge in [-0.3, -0.25) is 14.7 Å². The molecule has 3 aromatic rings. The molecule has 0 atom stereocenters. The van der Waals surface area contributed by atoms with Gasteiger partial charge in [0.1, 0.15) is 0 Å². The summed E-state index contributed by atoms with van der Waals surface area (Å²) in [6.45, 7) is 1.82. The summed E-state index contributed by atoms with van der Waals surface area (Å²) in [5, 5.41) is 0.974. The van der Waals surface area contributed by atoms with E-state index in [4.69, 9.17) is 11.5 Å². The molecule has 0 bridgehead atoms. The van der Waals surface area contributed by atoms with Crippen molar-refractivity contribution in [2.24, 2.45) is 0 Å². The minimum Gasteiger partial charge on any atom is -0.397 e. The lowest BCUT2D eigenvalue weighted by Crippen LogP contribution is -2.25. The van der Waals surface area contributed by atoms with Gasteiger partial charge in [-0.2, -0.15) is 0 Å². The van der Waals surface area contributed by atoms with E-state index in [1.54, 1.807) is 29.3 Å². The van der Waals surface area contributed by atoms with Crippen LogP contribution in [-0.4, -0.2) is 10.9 Å². The van der Waals surface area contributed by atoms with Crippen molar-refractivity contribution >= 4 is 52.0 Å². The third kappa shape index (κ3) is 3.26. The summed E-state index contributed by atoms with van der Waals surface area (Å²) in [4.78, 5) is 18.5. The average molecular weight is 343 g/mol. The fourth-order valence-electron chi connectivity index (χ4n) is 2.48. The topological polar surface area (TPSA) is 85.2 Å². The van der Waals surface area contributed by atoms with Crippen molar-refractivity contribution in [2.45, 2.75) is 13.3 Å². The zero-order chi connectivity index (χ0) is 16.4. The van der Waals surface area contributed by atoms with Crippen LogP contribution in [0.5, 0.6) is 0 Å². The zero-order valence-electron chi connectivity index (χ0n) is 13.3. The third-order valence-electron chi connectivity index (χ3n) is 3.71. The fourth-order valence-corrected chi connectivity index (χ4v) is 2.48. The van der Waals surface area contributed by atoms with Crippen LogP contribution in [-0.2, 0) is 4.79 Å². The van der Waals surface area contributed by atoms with Crippen molar-refractivity contribution in [1.29, 1.82) is 0 Å². The first kappa shape index (κ1) is 17.6. The Morgan fingerprint density at radius 3 is 2.50 bits per heavy atom. The van der Waals surface area contributed by atoms with Gasteiger partial charge in [0, 0.05) is 11.8 Å². The molecule has 1 amide bonds. The summed E-state index contributed by atoms with van der Waals surface area (Å²) < 4.78 is 0. The molecule has 124 valence electrons. The molecule has 1 aromatic heterocycles. The second kappa shape index (κ2) is 7.19. The molecule has 0 spiro atoms. The predicted octanol–water partition coefficient (Wildman–Crippen LogP) is 3.90. The van der Waals surface area contributed by atoms with E-state index in [9.17, 15) is 4.79 Å². The Labute approximate surface area is 146 Å². The average Bonchev–Trinajstić information content (AvgIpc) is 2.58. The Morgan fingerprint density at radius 1 is 1.04 bits per heavy atom. The molecule has 0 unspecified atom stereocenters. The van der Waals surface area contributed by atoms with Crippen LogP contribution in [0.15, 0.2) is 54.7 Å². The number of pyridine rings is 1. The van der Waals surface area contributed by atoms with Crippen LogP contribution in [0.2, 0.25) is 0 Å². The lowest BCUT2D eigenvalue weighted by atomic mass is 10.1. The first-order valence-electron chi connectivity index (χ1n) is 7.43. The van der Waals surface area contributed by atoms with Crippen LogP contribution in [0.3, 0.4) is 0 Å². The smallest absolute Gasteiger partial charge is 0.231 e. The zero-order valence-corrected chi connectivity index (χ0v) is 14.1. The number of para-hydroxylation sites is 1. The van der Waals surface area contributed by atoms with E-state index in [0.29, 0.717) is 29.2 Å². The van der Waals surface area contributed by atoms with Gasteiger partial charge in [0.05, 0.1) is 34.5 Å². The number of amides is 1. The van der Waals surface area contributed by atoms with Crippen molar-refractivity contribution in [3.05, 3.63) is 54.7 Å². The predicted molar refractivity (Wildman–Crippen MR) is 102 cm³/mol. The lowest BCUT2D eigenvalue weighted by molar-refractivity contribution is -0.117. The number of fused-ring (bicyclic) bond motifs is 1. The minimum absolute atomic E-state index is 0. The van der Waals surface area contributed by atoms with E-state index in [1.165, 1.54) is 0 Å². The lowest BCUT2D eigenvalue weighted by Gasteiger charge is -2.23. The summed E-state index contributed by atoms with van der Waals surface area (Å²) in [5.74, 6) is -0.0359. The van der Waals surface area contributed by atoms with Gasteiger partial charge >= 0.3 is 0 Å². The number of nitrogens with two attached hydrogens (primary N) is 2. The molecule has 5 nitrogen and oxygen atoms in total. The van der Waals surface area contributed by atoms with E-state index < -0.39 is 0 Å². The van der Waals surface area contributed by atoms with Gasteiger partial charge in [-0.1, -0.05) is 25.1 Å². The summed E-state index contributed by atoms with van der Waals surface area (Å²) in [6.07, 6.45) is 2.07. The van der Waals surface area contributed by atoms with Crippen molar-refractivity contribution < 1.29 is 4.79 Å². The number of carbonyl (C=O) groups is 1. The van der Waals surface area contributed by atoms with Gasteiger partial charge in [-0.05, 0) is 30.3 Å². The Kier molecular flexibility index (Phi) is 5.26. The van der Waals surface area contributed by atoms with Crippen LogP contribution >= 0.6 is 12.4 Å². The number of benzene rings is 2. The summed E-state index contributed by atoms with van der Waals surface area (Å²) >= 11 is 0. The highest BCUT2D eigenvalue weighted by Crippen LogP contribution is 2.31. The van der Waals surface area contributed by atoms with Gasteiger partial charge in [0.2, 0.25) is 5.91 Å². The Hall–Kier alpha value is -2.79. The maximum absolute atomic E-state index is 12.5. The molecule has 0 saturated carbocycles. The second-order valence-electron chi connectivity index (χ2n) is 5.28. The van der Waals surface area contributed by atoms with Crippen molar-refractivity contribution in [3.63, 3.8) is 0 Å². The van der Waals surface area contributed by atoms with Crippen molar-refractivity contribution in [2.75, 3.05) is 16.4 Å². The van der Waals surface area contributed by atoms with Gasteiger partial charge in [-0.25, -0.2) is 0 Å².